The Balaban J connectivity index is 2.39. The minimum absolute atomic E-state index is 0.227. The van der Waals surface area contributed by atoms with Crippen LogP contribution in [0.5, 0.6) is 5.75 Å². The predicted molar refractivity (Wildman–Crippen MR) is 59.7 cm³/mol. The fourth-order valence-electron chi connectivity index (χ4n) is 1.52. The number of aryl methyl sites for hydroxylation is 1. The summed E-state index contributed by atoms with van der Waals surface area (Å²) < 4.78 is 5.23. The zero-order valence-corrected chi connectivity index (χ0v) is 9.03. The van der Waals surface area contributed by atoms with Gasteiger partial charge >= 0.3 is 0 Å². The molecule has 0 unspecified atom stereocenters. The minimum atomic E-state index is -0.227. The highest BCUT2D eigenvalue weighted by Gasteiger charge is 2.01. The van der Waals surface area contributed by atoms with Crippen molar-refractivity contribution in [1.29, 1.82) is 0 Å². The number of benzene rings is 1. The van der Waals surface area contributed by atoms with Crippen molar-refractivity contribution in [2.75, 3.05) is 7.11 Å². The molecule has 3 heteroatoms. The van der Waals surface area contributed by atoms with Gasteiger partial charge in [-0.3, -0.25) is 4.79 Å². The molecule has 0 aliphatic carbocycles. The molecule has 3 nitrogen and oxygen atoms in total. The molecule has 0 spiro atoms. The minimum Gasteiger partial charge on any atom is -0.496 e. The van der Waals surface area contributed by atoms with Crippen molar-refractivity contribution < 1.29 is 9.53 Å². The van der Waals surface area contributed by atoms with Gasteiger partial charge in [0.25, 0.3) is 0 Å². The first-order chi connectivity index (χ1) is 7.24. The van der Waals surface area contributed by atoms with Gasteiger partial charge in [0.1, 0.15) is 5.75 Å². The zero-order chi connectivity index (χ0) is 11.1. The third-order valence-electron chi connectivity index (χ3n) is 2.31. The van der Waals surface area contributed by atoms with Crippen LogP contribution in [0.25, 0.3) is 0 Å². The van der Waals surface area contributed by atoms with E-state index in [0.717, 1.165) is 25.0 Å². The smallest absolute Gasteiger partial charge is 0.217 e. The summed E-state index contributed by atoms with van der Waals surface area (Å²) in [6.07, 6.45) is 3.20. The van der Waals surface area contributed by atoms with Gasteiger partial charge in [-0.05, 0) is 30.9 Å². The van der Waals surface area contributed by atoms with Crippen molar-refractivity contribution in [3.8, 4) is 5.75 Å². The quantitative estimate of drug-likeness (QED) is 0.724. The van der Waals surface area contributed by atoms with Crippen LogP contribution in [-0.2, 0) is 11.2 Å². The maximum atomic E-state index is 10.5. The second kappa shape index (κ2) is 6.06. The van der Waals surface area contributed by atoms with E-state index in [2.05, 4.69) is 0 Å². The number of nitrogens with two attached hydrogens (primary N) is 1. The fraction of sp³-hybridized carbons (Fsp3) is 0.417. The molecule has 1 amide bonds. The maximum absolute atomic E-state index is 10.5. The lowest BCUT2D eigenvalue weighted by atomic mass is 10.1. The Kier molecular flexibility index (Phi) is 4.68. The normalized spacial score (nSPS) is 9.93. The molecule has 2 N–H and O–H groups in total. The molecular formula is C12H17NO2. The molecule has 1 aromatic carbocycles. The molecular weight excluding hydrogens is 190 g/mol. The Morgan fingerprint density at radius 2 is 2.07 bits per heavy atom. The van der Waals surface area contributed by atoms with E-state index in [4.69, 9.17) is 10.5 Å². The lowest BCUT2D eigenvalue weighted by molar-refractivity contribution is -0.118. The molecule has 15 heavy (non-hydrogen) atoms. The maximum Gasteiger partial charge on any atom is 0.217 e. The standard InChI is InChI=1S/C12H17NO2/c1-15-11-8-4-2-6-10(11)7-3-5-9-12(13)14/h2,4,6,8H,3,5,7,9H2,1H3,(H2,13,14). The van der Waals surface area contributed by atoms with Gasteiger partial charge in [-0.2, -0.15) is 0 Å². The number of hydrogen-bond acceptors (Lipinski definition) is 2. The molecule has 0 aliphatic rings. The van der Waals surface area contributed by atoms with Gasteiger partial charge in [-0.15, -0.1) is 0 Å². The summed E-state index contributed by atoms with van der Waals surface area (Å²) in [5.41, 5.74) is 6.25. The highest BCUT2D eigenvalue weighted by atomic mass is 16.5. The number of amides is 1. The van der Waals surface area contributed by atoms with Gasteiger partial charge in [0.2, 0.25) is 5.91 Å². The molecule has 0 aliphatic heterocycles. The van der Waals surface area contributed by atoms with Crippen LogP contribution >= 0.6 is 0 Å². The monoisotopic (exact) mass is 207 g/mol. The van der Waals surface area contributed by atoms with Crippen LogP contribution in [0.2, 0.25) is 0 Å². The highest BCUT2D eigenvalue weighted by molar-refractivity contribution is 5.73. The number of carbonyl (C=O) groups excluding carboxylic acids is 1. The summed E-state index contributed by atoms with van der Waals surface area (Å²) in [5.74, 6) is 0.687. The van der Waals surface area contributed by atoms with Gasteiger partial charge in [-0.1, -0.05) is 18.2 Å². The van der Waals surface area contributed by atoms with E-state index in [1.54, 1.807) is 7.11 Å². The number of para-hydroxylation sites is 1. The number of unbranched alkanes of at least 4 members (excludes halogenated alkanes) is 1. The Bertz CT molecular complexity index is 323. The molecule has 0 saturated heterocycles. The Morgan fingerprint density at radius 3 is 2.73 bits per heavy atom. The Labute approximate surface area is 90.2 Å². The van der Waals surface area contributed by atoms with Crippen LogP contribution in [0.4, 0.5) is 0 Å². The number of hydrogen-bond donors (Lipinski definition) is 1. The van der Waals surface area contributed by atoms with Crippen LogP contribution in [0.3, 0.4) is 0 Å². The summed E-state index contributed by atoms with van der Waals surface area (Å²) in [6, 6.07) is 7.93. The number of methoxy groups -OCH3 is 1. The first-order valence-electron chi connectivity index (χ1n) is 5.14. The lowest BCUT2D eigenvalue weighted by Crippen LogP contribution is -2.09. The van der Waals surface area contributed by atoms with E-state index < -0.39 is 0 Å². The van der Waals surface area contributed by atoms with Crippen molar-refractivity contribution in [2.45, 2.75) is 25.7 Å². The van der Waals surface area contributed by atoms with Crippen molar-refractivity contribution in [3.63, 3.8) is 0 Å². The molecule has 0 bridgehead atoms. The van der Waals surface area contributed by atoms with E-state index in [-0.39, 0.29) is 5.91 Å². The van der Waals surface area contributed by atoms with Crippen molar-refractivity contribution >= 4 is 5.91 Å². The van der Waals surface area contributed by atoms with Crippen molar-refractivity contribution in [2.24, 2.45) is 5.73 Å². The molecule has 82 valence electrons. The summed E-state index contributed by atoms with van der Waals surface area (Å²) in [4.78, 5) is 10.5. The topological polar surface area (TPSA) is 52.3 Å². The van der Waals surface area contributed by atoms with Crippen LogP contribution in [-0.4, -0.2) is 13.0 Å². The first-order valence-corrected chi connectivity index (χ1v) is 5.14. The van der Waals surface area contributed by atoms with Crippen molar-refractivity contribution in [1.82, 2.24) is 0 Å². The van der Waals surface area contributed by atoms with E-state index in [1.165, 1.54) is 5.56 Å². The molecule has 0 radical (unpaired) electrons. The first kappa shape index (κ1) is 11.6. The van der Waals surface area contributed by atoms with Gasteiger partial charge in [0, 0.05) is 6.42 Å². The second-order valence-electron chi connectivity index (χ2n) is 3.49. The summed E-state index contributed by atoms with van der Waals surface area (Å²) in [6.45, 7) is 0. The van der Waals surface area contributed by atoms with Crippen LogP contribution in [0.15, 0.2) is 24.3 Å². The van der Waals surface area contributed by atoms with Crippen molar-refractivity contribution in [3.05, 3.63) is 29.8 Å². The lowest BCUT2D eigenvalue weighted by Gasteiger charge is -2.07. The summed E-state index contributed by atoms with van der Waals surface area (Å²) >= 11 is 0. The fourth-order valence-corrected chi connectivity index (χ4v) is 1.52. The number of carbonyl (C=O) groups is 1. The van der Waals surface area contributed by atoms with E-state index in [0.29, 0.717) is 6.42 Å². The third-order valence-corrected chi connectivity index (χ3v) is 2.31. The Morgan fingerprint density at radius 1 is 1.33 bits per heavy atom. The largest absolute Gasteiger partial charge is 0.496 e. The SMILES string of the molecule is COc1ccccc1CCCCC(N)=O. The van der Waals surface area contributed by atoms with Gasteiger partial charge < -0.3 is 10.5 Å². The molecule has 0 saturated carbocycles. The highest BCUT2D eigenvalue weighted by Crippen LogP contribution is 2.19. The molecule has 0 aromatic heterocycles. The second-order valence-corrected chi connectivity index (χ2v) is 3.49. The van der Waals surface area contributed by atoms with Gasteiger partial charge in [-0.25, -0.2) is 0 Å². The average molecular weight is 207 g/mol. The van der Waals surface area contributed by atoms with Crippen LogP contribution in [0.1, 0.15) is 24.8 Å². The molecule has 1 rings (SSSR count). The van der Waals surface area contributed by atoms with Crippen LogP contribution < -0.4 is 10.5 Å². The van der Waals surface area contributed by atoms with Gasteiger partial charge in [0.15, 0.2) is 0 Å². The number of ether oxygens (including phenoxy) is 1. The molecule has 0 atom stereocenters. The average Bonchev–Trinajstić information content (AvgIpc) is 2.24. The Hall–Kier alpha value is -1.51. The van der Waals surface area contributed by atoms with E-state index in [1.807, 2.05) is 24.3 Å². The zero-order valence-electron chi connectivity index (χ0n) is 9.03. The number of rotatable bonds is 6. The number of primary amides is 1. The summed E-state index contributed by atoms with van der Waals surface area (Å²) in [5, 5.41) is 0. The van der Waals surface area contributed by atoms with Crippen LogP contribution in [0, 0.1) is 0 Å². The predicted octanol–water partition coefficient (Wildman–Crippen LogP) is 1.89. The summed E-state index contributed by atoms with van der Waals surface area (Å²) in [7, 11) is 1.67. The van der Waals surface area contributed by atoms with E-state index >= 15 is 0 Å². The van der Waals surface area contributed by atoms with Gasteiger partial charge in [0.05, 0.1) is 7.11 Å². The van der Waals surface area contributed by atoms with E-state index in [9.17, 15) is 4.79 Å². The molecule has 0 heterocycles. The molecule has 1 aromatic rings. The molecule has 0 fully saturated rings. The third kappa shape index (κ3) is 4.02.